The normalized spacial score (nSPS) is 13.2. The van der Waals surface area contributed by atoms with E-state index in [0.717, 1.165) is 0 Å². The Labute approximate surface area is 91.5 Å². The van der Waals surface area contributed by atoms with Gasteiger partial charge in [0.05, 0.1) is 0 Å². The zero-order valence-corrected chi connectivity index (χ0v) is 10.2. The molecule has 5 heteroatoms. The topological polar surface area (TPSA) is 66.4 Å². The fourth-order valence-electron chi connectivity index (χ4n) is 0.753. The highest BCUT2D eigenvalue weighted by Crippen LogP contribution is 2.32. The van der Waals surface area contributed by atoms with Crippen molar-refractivity contribution in [2.45, 2.75) is 27.7 Å². The molecule has 0 saturated carbocycles. The molecule has 80 valence electrons. The Morgan fingerprint density at radius 2 is 1.71 bits per heavy atom. The van der Waals surface area contributed by atoms with Crippen LogP contribution in [0.4, 0.5) is 0 Å². The number of carboxylic acid groups (broad SMARTS) is 1. The van der Waals surface area contributed by atoms with E-state index in [2.05, 4.69) is 21.2 Å². The largest absolute Gasteiger partial charge is 0.477 e. The highest BCUT2D eigenvalue weighted by molar-refractivity contribution is 9.11. The van der Waals surface area contributed by atoms with Crippen molar-refractivity contribution < 1.29 is 14.7 Å². The molecule has 0 rings (SSSR count). The van der Waals surface area contributed by atoms with Gasteiger partial charge in [-0.25, -0.2) is 4.79 Å². The summed E-state index contributed by atoms with van der Waals surface area (Å²) < 4.78 is 0.465. The van der Waals surface area contributed by atoms with Gasteiger partial charge in [0.2, 0.25) is 5.91 Å². The predicted octanol–water partition coefficient (Wildman–Crippen LogP) is 1.86. The molecular weight excluding hydrogens is 250 g/mol. The third kappa shape index (κ3) is 3.91. The first-order valence-electron chi connectivity index (χ1n) is 4.07. The molecule has 0 aromatic carbocycles. The van der Waals surface area contributed by atoms with Crippen LogP contribution in [0.3, 0.4) is 0 Å². The first-order valence-corrected chi connectivity index (χ1v) is 4.86. The van der Waals surface area contributed by atoms with Gasteiger partial charge in [0.25, 0.3) is 0 Å². The lowest BCUT2D eigenvalue weighted by atomic mass is 9.95. The molecule has 0 aliphatic rings. The molecule has 0 aromatic rings. The molecule has 0 fully saturated rings. The first kappa shape index (κ1) is 13.2. The highest BCUT2D eigenvalue weighted by atomic mass is 79.9. The molecule has 2 N–H and O–H groups in total. The Balaban J connectivity index is 5.17. The first-order chi connectivity index (χ1) is 6.16. The van der Waals surface area contributed by atoms with E-state index >= 15 is 0 Å². The van der Waals surface area contributed by atoms with E-state index in [9.17, 15) is 9.59 Å². The number of carboxylic acids is 1. The van der Waals surface area contributed by atoms with Crippen LogP contribution in [0.15, 0.2) is 10.2 Å². The Morgan fingerprint density at radius 3 is 1.93 bits per heavy atom. The van der Waals surface area contributed by atoms with Crippen molar-refractivity contribution >= 4 is 27.8 Å². The molecule has 0 spiro atoms. The second kappa shape index (κ2) is 4.59. The summed E-state index contributed by atoms with van der Waals surface area (Å²) in [7, 11) is 0. The molecule has 0 bridgehead atoms. The van der Waals surface area contributed by atoms with E-state index < -0.39 is 11.9 Å². The third-order valence-electron chi connectivity index (χ3n) is 1.39. The molecule has 14 heavy (non-hydrogen) atoms. The van der Waals surface area contributed by atoms with Gasteiger partial charge in [-0.1, -0.05) is 36.7 Å². The minimum atomic E-state index is -1.15. The zero-order valence-electron chi connectivity index (χ0n) is 8.64. The number of allylic oxidation sites excluding steroid dienone is 1. The molecule has 0 saturated heterocycles. The number of hydrogen-bond acceptors (Lipinski definition) is 2. The van der Waals surface area contributed by atoms with Gasteiger partial charge in [-0.05, 0) is 5.41 Å². The summed E-state index contributed by atoms with van der Waals surface area (Å²) in [5.74, 6) is -1.55. The summed E-state index contributed by atoms with van der Waals surface area (Å²) in [5.41, 5.74) is -0.457. The molecule has 4 nitrogen and oxygen atoms in total. The molecule has 0 heterocycles. The van der Waals surface area contributed by atoms with Gasteiger partial charge < -0.3 is 10.4 Å². The number of nitrogens with one attached hydrogen (secondary N) is 1. The third-order valence-corrected chi connectivity index (χ3v) is 2.98. The number of aliphatic carboxylic acids is 1. The van der Waals surface area contributed by atoms with Gasteiger partial charge in [0.15, 0.2) is 0 Å². The van der Waals surface area contributed by atoms with Gasteiger partial charge in [-0.3, -0.25) is 4.79 Å². The van der Waals surface area contributed by atoms with Crippen molar-refractivity contribution in [3.05, 3.63) is 10.2 Å². The Bertz CT molecular complexity index is 289. The molecule has 0 aliphatic heterocycles. The average molecular weight is 264 g/mol. The highest BCUT2D eigenvalue weighted by Gasteiger charge is 2.23. The smallest absolute Gasteiger partial charge is 0.353 e. The monoisotopic (exact) mass is 263 g/mol. The lowest BCUT2D eigenvalue weighted by Crippen LogP contribution is -2.28. The standard InChI is InChI=1S/C9H14BrNO3/c1-5(12)11-6(8(13)14)7(10)9(2,3)4/h1-4H3,(H,11,12)(H,13,14). The lowest BCUT2D eigenvalue weighted by molar-refractivity contribution is -0.134. The van der Waals surface area contributed by atoms with E-state index in [0.29, 0.717) is 4.48 Å². The number of carbonyl (C=O) groups excluding carboxylic acids is 1. The van der Waals surface area contributed by atoms with Crippen LogP contribution in [0, 0.1) is 5.41 Å². The molecule has 0 aliphatic carbocycles. The Hall–Kier alpha value is -0.840. The van der Waals surface area contributed by atoms with Crippen molar-refractivity contribution in [1.82, 2.24) is 5.32 Å². The number of hydrogen-bond donors (Lipinski definition) is 2. The Kier molecular flexibility index (Phi) is 4.32. The van der Waals surface area contributed by atoms with Crippen LogP contribution in [-0.2, 0) is 9.59 Å². The van der Waals surface area contributed by atoms with Gasteiger partial charge in [0, 0.05) is 11.4 Å². The zero-order chi connectivity index (χ0) is 11.5. The van der Waals surface area contributed by atoms with Crippen molar-refractivity contribution in [3.63, 3.8) is 0 Å². The minimum absolute atomic E-state index is 0.106. The van der Waals surface area contributed by atoms with E-state index in [1.165, 1.54) is 6.92 Å². The number of rotatable bonds is 2. The Morgan fingerprint density at radius 1 is 1.29 bits per heavy atom. The number of amides is 1. The second-order valence-electron chi connectivity index (χ2n) is 3.93. The van der Waals surface area contributed by atoms with E-state index in [4.69, 9.17) is 5.11 Å². The second-order valence-corrected chi connectivity index (χ2v) is 4.72. The summed E-state index contributed by atoms with van der Waals surface area (Å²) in [4.78, 5) is 21.6. The van der Waals surface area contributed by atoms with Crippen LogP contribution in [0.2, 0.25) is 0 Å². The molecule has 0 aromatic heterocycles. The van der Waals surface area contributed by atoms with Crippen molar-refractivity contribution in [2.75, 3.05) is 0 Å². The summed E-state index contributed by atoms with van der Waals surface area (Å²) >= 11 is 3.18. The summed E-state index contributed by atoms with van der Waals surface area (Å²) in [6.07, 6.45) is 0. The van der Waals surface area contributed by atoms with E-state index in [1.54, 1.807) is 0 Å². The summed E-state index contributed by atoms with van der Waals surface area (Å²) in [6.45, 7) is 6.82. The SMILES string of the molecule is CC(=O)NC(C(=O)O)=C(Br)C(C)(C)C. The molecule has 0 radical (unpaired) electrons. The van der Waals surface area contributed by atoms with Crippen molar-refractivity contribution in [3.8, 4) is 0 Å². The van der Waals surface area contributed by atoms with Crippen molar-refractivity contribution in [1.29, 1.82) is 0 Å². The molecule has 0 unspecified atom stereocenters. The van der Waals surface area contributed by atoms with Gasteiger partial charge in [0.1, 0.15) is 5.70 Å². The van der Waals surface area contributed by atoms with Crippen molar-refractivity contribution in [2.24, 2.45) is 5.41 Å². The minimum Gasteiger partial charge on any atom is -0.477 e. The maximum Gasteiger partial charge on any atom is 0.353 e. The maximum absolute atomic E-state index is 10.8. The van der Waals surface area contributed by atoms with Gasteiger partial charge in [-0.2, -0.15) is 0 Å². The fraction of sp³-hybridized carbons (Fsp3) is 0.556. The van der Waals surface area contributed by atoms with E-state index in [1.807, 2.05) is 20.8 Å². The van der Waals surface area contributed by atoms with Crippen LogP contribution in [-0.4, -0.2) is 17.0 Å². The maximum atomic E-state index is 10.8. The van der Waals surface area contributed by atoms with Crippen LogP contribution in [0.25, 0.3) is 0 Å². The molecular formula is C9H14BrNO3. The number of halogens is 1. The summed E-state index contributed by atoms with van der Waals surface area (Å²) in [5, 5.41) is 11.1. The number of carbonyl (C=O) groups is 2. The van der Waals surface area contributed by atoms with Gasteiger partial charge >= 0.3 is 5.97 Å². The van der Waals surface area contributed by atoms with Crippen LogP contribution < -0.4 is 5.32 Å². The lowest BCUT2D eigenvalue weighted by Gasteiger charge is -2.20. The quantitative estimate of drug-likeness (QED) is 0.748. The van der Waals surface area contributed by atoms with Crippen LogP contribution in [0.1, 0.15) is 27.7 Å². The van der Waals surface area contributed by atoms with E-state index in [-0.39, 0.29) is 11.1 Å². The van der Waals surface area contributed by atoms with Crippen LogP contribution in [0.5, 0.6) is 0 Å². The fourth-order valence-corrected chi connectivity index (χ4v) is 1.02. The molecule has 0 atom stereocenters. The predicted molar refractivity (Wildman–Crippen MR) is 56.9 cm³/mol. The van der Waals surface area contributed by atoms with Gasteiger partial charge in [-0.15, -0.1) is 0 Å². The summed E-state index contributed by atoms with van der Waals surface area (Å²) in [6, 6.07) is 0. The van der Waals surface area contributed by atoms with Crippen LogP contribution >= 0.6 is 15.9 Å². The molecule has 1 amide bonds. The average Bonchev–Trinajstić information content (AvgIpc) is 1.96.